The highest BCUT2D eigenvalue weighted by atomic mass is 16.5. The van der Waals surface area contributed by atoms with E-state index in [9.17, 15) is 39.0 Å². The van der Waals surface area contributed by atoms with Crippen molar-refractivity contribution in [2.24, 2.45) is 0 Å². The van der Waals surface area contributed by atoms with Crippen molar-refractivity contribution >= 4 is 45.3 Å². The summed E-state index contributed by atoms with van der Waals surface area (Å²) in [6, 6.07) is 16.2. The number of allylic oxidation sites excluding steroid dienone is 2. The Balaban J connectivity index is 1.69. The van der Waals surface area contributed by atoms with E-state index in [4.69, 9.17) is 9.47 Å². The number of ketones is 2. The van der Waals surface area contributed by atoms with Gasteiger partial charge in [-0.2, -0.15) is 0 Å². The molecule has 5 rings (SSSR count). The lowest BCUT2D eigenvalue weighted by atomic mass is 9.76. The Morgan fingerprint density at radius 1 is 0.659 bits per heavy atom. The number of ether oxygens (including phenoxy) is 2. The number of aromatic nitrogens is 2. The number of aliphatic hydroxyl groups excluding tert-OH is 2. The van der Waals surface area contributed by atoms with E-state index in [0.717, 1.165) is 14.2 Å². The van der Waals surface area contributed by atoms with Crippen LogP contribution in [0.1, 0.15) is 35.8 Å². The van der Waals surface area contributed by atoms with E-state index in [0.29, 0.717) is 21.8 Å². The number of para-hydroxylation sites is 2. The second kappa shape index (κ2) is 11.8. The summed E-state index contributed by atoms with van der Waals surface area (Å²) in [6.45, 7) is 0. The number of nitrogens with one attached hydrogen (secondary N) is 2. The summed E-state index contributed by atoms with van der Waals surface area (Å²) in [5.41, 5.74) is -2.23. The first-order valence-corrected chi connectivity index (χ1v) is 13.4. The monoisotopic (exact) mass is 598 g/mol. The predicted molar refractivity (Wildman–Crippen MR) is 157 cm³/mol. The fourth-order valence-electron chi connectivity index (χ4n) is 5.44. The highest BCUT2D eigenvalue weighted by molar-refractivity contribution is 6.24. The number of H-pyrrole nitrogens is 2. The topological polar surface area (TPSA) is 193 Å². The Kier molecular flexibility index (Phi) is 7.99. The van der Waals surface area contributed by atoms with Crippen LogP contribution in [0.3, 0.4) is 0 Å². The van der Waals surface area contributed by atoms with Crippen molar-refractivity contribution in [3.63, 3.8) is 0 Å². The summed E-state index contributed by atoms with van der Waals surface area (Å²) >= 11 is 0. The Bertz CT molecular complexity index is 1900. The number of fused-ring (bicyclic) bond motifs is 2. The number of aromatic amines is 2. The van der Waals surface area contributed by atoms with Crippen LogP contribution in [0.15, 0.2) is 92.9 Å². The molecule has 12 nitrogen and oxygen atoms in total. The summed E-state index contributed by atoms with van der Waals surface area (Å²) in [5.74, 6) is -9.63. The Morgan fingerprint density at radius 2 is 1.02 bits per heavy atom. The zero-order valence-electron chi connectivity index (χ0n) is 23.5. The van der Waals surface area contributed by atoms with Crippen LogP contribution in [0.5, 0.6) is 0 Å². The van der Waals surface area contributed by atoms with Crippen LogP contribution in [0.25, 0.3) is 21.8 Å². The van der Waals surface area contributed by atoms with Crippen molar-refractivity contribution in [2.45, 2.75) is 24.7 Å². The molecule has 0 amide bonds. The van der Waals surface area contributed by atoms with Gasteiger partial charge >= 0.3 is 11.9 Å². The number of carbonyl (C=O) groups excluding carboxylic acids is 4. The van der Waals surface area contributed by atoms with Crippen LogP contribution in [-0.2, 0) is 28.7 Å². The highest BCUT2D eigenvalue weighted by Gasteiger charge is 2.44. The van der Waals surface area contributed by atoms with Gasteiger partial charge in [-0.05, 0) is 35.0 Å². The molecule has 0 radical (unpaired) electrons. The van der Waals surface area contributed by atoms with Gasteiger partial charge in [-0.25, -0.2) is 0 Å². The third-order valence-electron chi connectivity index (χ3n) is 7.64. The van der Waals surface area contributed by atoms with E-state index >= 15 is 0 Å². The highest BCUT2D eigenvalue weighted by Crippen LogP contribution is 2.40. The number of Topliss-reactive ketones (excluding diaryl/α,β-unsaturated/α-hetero) is 2. The first kappa shape index (κ1) is 29.7. The standard InChI is InChI=1S/C32H26N2O10/c1-43-23(35)13-17(19-11-15-7-3-5-9-21(15)33-31(19)41)25-27(37)29(39)26(30(40)28(25)38)18(14-24(36)44-2)20-12-16-8-4-6-10-22(16)34-32(20)42/h3-12,17-18,37,40H,13-14H2,1-2H3,(H,33,41)(H,34,42)/t17-,18-/m1/s1. The van der Waals surface area contributed by atoms with Gasteiger partial charge in [0.05, 0.1) is 38.2 Å². The van der Waals surface area contributed by atoms with Gasteiger partial charge in [0.25, 0.3) is 11.1 Å². The number of hydrogen-bond acceptors (Lipinski definition) is 10. The zero-order chi connectivity index (χ0) is 31.7. The predicted octanol–water partition coefficient (Wildman–Crippen LogP) is 3.14. The number of pyridine rings is 2. The van der Waals surface area contributed by atoms with Crippen LogP contribution in [-0.4, -0.2) is 57.9 Å². The maximum atomic E-state index is 13.8. The molecule has 2 heterocycles. The Hall–Kier alpha value is -5.78. The van der Waals surface area contributed by atoms with Crippen molar-refractivity contribution in [3.05, 3.63) is 115 Å². The molecule has 2 aromatic carbocycles. The summed E-state index contributed by atoms with van der Waals surface area (Å²) in [6.07, 6.45) is -1.29. The van der Waals surface area contributed by atoms with Gasteiger partial charge < -0.3 is 29.7 Å². The fourth-order valence-corrected chi connectivity index (χ4v) is 5.44. The molecule has 2 atom stereocenters. The molecule has 0 aliphatic heterocycles. The molecule has 44 heavy (non-hydrogen) atoms. The molecule has 4 aromatic rings. The van der Waals surface area contributed by atoms with Crippen LogP contribution in [0.4, 0.5) is 0 Å². The molecule has 224 valence electrons. The maximum Gasteiger partial charge on any atom is 0.306 e. The smallest absolute Gasteiger partial charge is 0.306 e. The number of aliphatic hydroxyl groups is 2. The molecular formula is C32H26N2O10. The van der Waals surface area contributed by atoms with Gasteiger partial charge in [0.2, 0.25) is 11.6 Å². The van der Waals surface area contributed by atoms with Crippen molar-refractivity contribution in [2.75, 3.05) is 14.2 Å². The minimum absolute atomic E-state index is 0.148. The van der Waals surface area contributed by atoms with Crippen molar-refractivity contribution in [3.8, 4) is 0 Å². The van der Waals surface area contributed by atoms with Crippen molar-refractivity contribution < 1.29 is 38.9 Å². The lowest BCUT2D eigenvalue weighted by Crippen LogP contribution is -2.34. The van der Waals surface area contributed by atoms with E-state index in [2.05, 4.69) is 9.97 Å². The second-order valence-electron chi connectivity index (χ2n) is 10.1. The van der Waals surface area contributed by atoms with E-state index in [-0.39, 0.29) is 11.1 Å². The molecule has 4 N–H and O–H groups in total. The number of esters is 2. The third kappa shape index (κ3) is 5.28. The molecule has 0 spiro atoms. The van der Waals surface area contributed by atoms with Crippen LogP contribution in [0.2, 0.25) is 0 Å². The summed E-state index contributed by atoms with van der Waals surface area (Å²) < 4.78 is 9.50. The third-order valence-corrected chi connectivity index (χ3v) is 7.64. The van der Waals surface area contributed by atoms with Gasteiger partial charge in [0, 0.05) is 34.0 Å². The molecule has 2 aromatic heterocycles. The first-order valence-electron chi connectivity index (χ1n) is 13.4. The molecular weight excluding hydrogens is 572 g/mol. The van der Waals surface area contributed by atoms with Gasteiger partial charge in [-0.15, -0.1) is 0 Å². The molecule has 0 fully saturated rings. The first-order chi connectivity index (χ1) is 21.0. The number of benzene rings is 2. The Morgan fingerprint density at radius 3 is 1.39 bits per heavy atom. The van der Waals surface area contributed by atoms with E-state index in [1.165, 1.54) is 12.1 Å². The van der Waals surface area contributed by atoms with Crippen LogP contribution < -0.4 is 11.1 Å². The minimum atomic E-state index is -1.51. The second-order valence-corrected chi connectivity index (χ2v) is 10.1. The summed E-state index contributed by atoms with van der Waals surface area (Å²) in [5, 5.41) is 23.5. The van der Waals surface area contributed by atoms with Gasteiger partial charge in [-0.3, -0.25) is 28.8 Å². The number of methoxy groups -OCH3 is 2. The number of carbonyl (C=O) groups is 4. The van der Waals surface area contributed by atoms with Gasteiger partial charge in [-0.1, -0.05) is 36.4 Å². The van der Waals surface area contributed by atoms with E-state index in [1.54, 1.807) is 48.5 Å². The lowest BCUT2D eigenvalue weighted by Gasteiger charge is -2.27. The van der Waals surface area contributed by atoms with Crippen LogP contribution >= 0.6 is 0 Å². The average molecular weight is 599 g/mol. The Labute approximate surface area is 248 Å². The fraction of sp³-hybridized carbons (Fsp3) is 0.188. The molecule has 0 saturated heterocycles. The minimum Gasteiger partial charge on any atom is -0.504 e. The largest absolute Gasteiger partial charge is 0.504 e. The van der Waals surface area contributed by atoms with Gasteiger partial charge in [0.1, 0.15) is 0 Å². The molecule has 1 aliphatic carbocycles. The quantitative estimate of drug-likeness (QED) is 0.173. The molecule has 1 aliphatic rings. The maximum absolute atomic E-state index is 13.8. The summed E-state index contributed by atoms with van der Waals surface area (Å²) in [4.78, 5) is 84.1. The molecule has 0 bridgehead atoms. The summed E-state index contributed by atoms with van der Waals surface area (Å²) in [7, 11) is 2.17. The number of rotatable bonds is 8. The normalized spacial score (nSPS) is 15.0. The van der Waals surface area contributed by atoms with E-state index < -0.39 is 82.0 Å². The number of hydrogen-bond donors (Lipinski definition) is 4. The average Bonchev–Trinajstić information content (AvgIpc) is 3.02. The molecule has 12 heteroatoms. The molecule has 0 unspecified atom stereocenters. The SMILES string of the molecule is COC(=O)C[C@@H](C1=C(O)C(=O)C([C@H](CC(=O)OC)c2cc3ccccc3[nH]c2=O)=C(O)C1=O)c1cc2ccccc2[nH]c1=O. The zero-order valence-corrected chi connectivity index (χ0v) is 23.5. The van der Waals surface area contributed by atoms with Crippen molar-refractivity contribution in [1.29, 1.82) is 0 Å². The van der Waals surface area contributed by atoms with Crippen molar-refractivity contribution in [1.82, 2.24) is 9.97 Å². The lowest BCUT2D eigenvalue weighted by molar-refractivity contribution is -0.142. The van der Waals surface area contributed by atoms with Gasteiger partial charge in [0.15, 0.2) is 11.5 Å². The molecule has 0 saturated carbocycles. The van der Waals surface area contributed by atoms with E-state index in [1.807, 2.05) is 0 Å². The van der Waals surface area contributed by atoms with Crippen LogP contribution in [0, 0.1) is 0 Å².